The van der Waals surface area contributed by atoms with Gasteiger partial charge in [0.2, 0.25) is 0 Å². The SMILES string of the molecule is CCCOc1ccc(C2C(=C(O)c3ccc(OCc4cccc(C)c4)cc3)C(=O)C(=O)N2c2nc(C)c(C(C)=O)s2)cc1. The number of benzene rings is 3. The number of ether oxygens (including phenoxy) is 2. The minimum Gasteiger partial charge on any atom is -0.507 e. The molecule has 1 amide bonds. The van der Waals surface area contributed by atoms with E-state index in [4.69, 9.17) is 9.47 Å². The van der Waals surface area contributed by atoms with E-state index in [1.54, 1.807) is 55.5 Å². The summed E-state index contributed by atoms with van der Waals surface area (Å²) in [6.07, 6.45) is 0.847. The van der Waals surface area contributed by atoms with Gasteiger partial charge in [-0.3, -0.25) is 19.3 Å². The standard InChI is InChI=1S/C34H32N2O6S/c1-5-17-41-26-13-9-24(10-14-26)29-28(31(39)33(40)36(29)34-35-21(3)32(43-34)22(4)37)30(38)25-11-15-27(16-12-25)42-19-23-8-6-7-20(2)18-23/h6-16,18,29,38H,5,17,19H2,1-4H3. The van der Waals surface area contributed by atoms with E-state index in [9.17, 15) is 19.5 Å². The highest BCUT2D eigenvalue weighted by Gasteiger charge is 2.48. The molecule has 1 saturated heterocycles. The maximum Gasteiger partial charge on any atom is 0.301 e. The fraction of sp³-hybridized carbons (Fsp3) is 0.235. The van der Waals surface area contributed by atoms with Crippen molar-refractivity contribution < 1.29 is 29.0 Å². The lowest BCUT2D eigenvalue weighted by Gasteiger charge is -2.23. The van der Waals surface area contributed by atoms with Crippen molar-refractivity contribution in [2.75, 3.05) is 11.5 Å². The molecule has 0 bridgehead atoms. The molecule has 0 spiro atoms. The number of amides is 1. The van der Waals surface area contributed by atoms with Crippen LogP contribution in [0.4, 0.5) is 5.13 Å². The van der Waals surface area contributed by atoms with Crippen LogP contribution in [0.2, 0.25) is 0 Å². The van der Waals surface area contributed by atoms with Gasteiger partial charge in [-0.15, -0.1) is 0 Å². The van der Waals surface area contributed by atoms with Gasteiger partial charge in [0, 0.05) is 12.5 Å². The largest absolute Gasteiger partial charge is 0.507 e. The lowest BCUT2D eigenvalue weighted by molar-refractivity contribution is -0.132. The van der Waals surface area contributed by atoms with Crippen molar-refractivity contribution in [2.24, 2.45) is 0 Å². The summed E-state index contributed by atoms with van der Waals surface area (Å²) >= 11 is 1.05. The minimum absolute atomic E-state index is 0.0714. The second-order valence-electron chi connectivity index (χ2n) is 10.4. The third-order valence-electron chi connectivity index (χ3n) is 7.04. The summed E-state index contributed by atoms with van der Waals surface area (Å²) in [5.74, 6) is -0.940. The lowest BCUT2D eigenvalue weighted by atomic mass is 9.95. The van der Waals surface area contributed by atoms with E-state index in [1.807, 2.05) is 38.1 Å². The third kappa shape index (κ3) is 6.22. The second-order valence-corrected chi connectivity index (χ2v) is 11.3. The van der Waals surface area contributed by atoms with Crippen molar-refractivity contribution in [1.82, 2.24) is 4.98 Å². The van der Waals surface area contributed by atoms with E-state index in [1.165, 1.54) is 11.8 Å². The highest BCUT2D eigenvalue weighted by molar-refractivity contribution is 7.18. The van der Waals surface area contributed by atoms with Crippen LogP contribution in [-0.2, 0) is 16.2 Å². The number of rotatable bonds is 10. The molecule has 43 heavy (non-hydrogen) atoms. The molecule has 4 aromatic rings. The van der Waals surface area contributed by atoms with Crippen molar-refractivity contribution >= 4 is 39.7 Å². The number of ketones is 2. The van der Waals surface area contributed by atoms with Crippen molar-refractivity contribution in [1.29, 1.82) is 0 Å². The fourth-order valence-electron chi connectivity index (χ4n) is 4.96. The normalized spacial score (nSPS) is 16.0. The van der Waals surface area contributed by atoms with Crippen LogP contribution in [0.1, 0.15) is 63.9 Å². The van der Waals surface area contributed by atoms with Gasteiger partial charge in [0.05, 0.1) is 28.8 Å². The first-order valence-corrected chi connectivity index (χ1v) is 14.8. The van der Waals surface area contributed by atoms with E-state index in [-0.39, 0.29) is 22.2 Å². The first-order valence-electron chi connectivity index (χ1n) is 14.0. The monoisotopic (exact) mass is 596 g/mol. The van der Waals surface area contributed by atoms with Crippen LogP contribution >= 0.6 is 11.3 Å². The quantitative estimate of drug-likeness (QED) is 0.0913. The highest BCUT2D eigenvalue weighted by Crippen LogP contribution is 2.44. The highest BCUT2D eigenvalue weighted by atomic mass is 32.1. The molecule has 1 fully saturated rings. The van der Waals surface area contributed by atoms with Crippen LogP contribution in [0.3, 0.4) is 0 Å². The van der Waals surface area contributed by atoms with Gasteiger partial charge in [-0.2, -0.15) is 0 Å². The molecule has 0 radical (unpaired) electrons. The molecule has 1 unspecified atom stereocenters. The summed E-state index contributed by atoms with van der Waals surface area (Å²) < 4.78 is 11.6. The molecule has 9 heteroatoms. The zero-order valence-electron chi connectivity index (χ0n) is 24.4. The number of carbonyl (C=O) groups excluding carboxylic acids is 3. The van der Waals surface area contributed by atoms with Crippen LogP contribution in [0, 0.1) is 13.8 Å². The lowest BCUT2D eigenvalue weighted by Crippen LogP contribution is -2.29. The Balaban J connectivity index is 1.52. The first-order chi connectivity index (χ1) is 20.7. The van der Waals surface area contributed by atoms with Gasteiger partial charge in [0.15, 0.2) is 10.9 Å². The topological polar surface area (TPSA) is 106 Å². The molecule has 8 nitrogen and oxygen atoms in total. The first kappa shape index (κ1) is 29.7. The number of aryl methyl sites for hydroxylation is 2. The van der Waals surface area contributed by atoms with Gasteiger partial charge in [0.25, 0.3) is 5.78 Å². The number of aliphatic hydroxyl groups excluding tert-OH is 1. The summed E-state index contributed by atoms with van der Waals surface area (Å²) in [5.41, 5.74) is 3.51. The van der Waals surface area contributed by atoms with E-state index >= 15 is 0 Å². The summed E-state index contributed by atoms with van der Waals surface area (Å²) in [4.78, 5) is 45.3. The van der Waals surface area contributed by atoms with Crippen LogP contribution in [0.15, 0.2) is 78.4 Å². The summed E-state index contributed by atoms with van der Waals surface area (Å²) in [6, 6.07) is 20.8. The average Bonchev–Trinajstić information content (AvgIpc) is 3.51. The molecule has 1 aliphatic rings. The molecule has 2 heterocycles. The smallest absolute Gasteiger partial charge is 0.301 e. The molecular formula is C34H32N2O6S. The predicted octanol–water partition coefficient (Wildman–Crippen LogP) is 6.96. The number of anilines is 1. The van der Waals surface area contributed by atoms with Crippen molar-refractivity contribution in [3.8, 4) is 11.5 Å². The molecule has 0 saturated carbocycles. The van der Waals surface area contributed by atoms with Gasteiger partial charge in [-0.05, 0) is 67.8 Å². The number of Topliss-reactive ketones (excluding diaryl/α,β-unsaturated/α-hetero) is 2. The van der Waals surface area contributed by atoms with E-state index in [2.05, 4.69) is 4.98 Å². The Morgan fingerprint density at radius 2 is 1.65 bits per heavy atom. The van der Waals surface area contributed by atoms with Crippen molar-refractivity contribution in [3.63, 3.8) is 0 Å². The number of aromatic nitrogens is 1. The third-order valence-corrected chi connectivity index (χ3v) is 8.30. The molecule has 220 valence electrons. The summed E-state index contributed by atoms with van der Waals surface area (Å²) in [6.45, 7) is 8.07. The maximum absolute atomic E-state index is 13.5. The Bertz CT molecular complexity index is 1710. The Labute approximate surface area is 254 Å². The average molecular weight is 597 g/mol. The number of hydrogen-bond acceptors (Lipinski definition) is 8. The van der Waals surface area contributed by atoms with E-state index in [0.717, 1.165) is 28.9 Å². The van der Waals surface area contributed by atoms with Crippen LogP contribution < -0.4 is 14.4 Å². The number of nitrogens with zero attached hydrogens (tertiary/aromatic N) is 2. The zero-order chi connectivity index (χ0) is 30.7. The summed E-state index contributed by atoms with van der Waals surface area (Å²) in [7, 11) is 0. The number of hydrogen-bond donors (Lipinski definition) is 1. The molecule has 0 aliphatic carbocycles. The predicted molar refractivity (Wildman–Crippen MR) is 166 cm³/mol. The fourth-order valence-corrected chi connectivity index (χ4v) is 5.95. The molecule has 3 aromatic carbocycles. The Morgan fingerprint density at radius 3 is 2.28 bits per heavy atom. The van der Waals surface area contributed by atoms with Crippen LogP contribution in [0.5, 0.6) is 11.5 Å². The van der Waals surface area contributed by atoms with Gasteiger partial charge in [-0.1, -0.05) is 60.2 Å². The van der Waals surface area contributed by atoms with Crippen molar-refractivity contribution in [2.45, 2.75) is 46.8 Å². The second kappa shape index (κ2) is 12.6. The number of carbonyl (C=O) groups is 3. The van der Waals surface area contributed by atoms with E-state index < -0.39 is 17.7 Å². The van der Waals surface area contributed by atoms with Gasteiger partial charge < -0.3 is 14.6 Å². The summed E-state index contributed by atoms with van der Waals surface area (Å²) in [5, 5.41) is 11.7. The Morgan fingerprint density at radius 1 is 0.977 bits per heavy atom. The van der Waals surface area contributed by atoms with E-state index in [0.29, 0.717) is 46.4 Å². The van der Waals surface area contributed by atoms with Gasteiger partial charge in [0.1, 0.15) is 23.9 Å². The molecule has 1 aliphatic heterocycles. The maximum atomic E-state index is 13.5. The van der Waals surface area contributed by atoms with Crippen LogP contribution in [-0.4, -0.2) is 34.2 Å². The Hall–Kier alpha value is -4.76. The van der Waals surface area contributed by atoms with Crippen molar-refractivity contribution in [3.05, 3.63) is 111 Å². The van der Waals surface area contributed by atoms with Gasteiger partial charge >= 0.3 is 5.91 Å². The minimum atomic E-state index is -0.970. The molecule has 5 rings (SSSR count). The number of aliphatic hydroxyl groups is 1. The van der Waals surface area contributed by atoms with Crippen LogP contribution in [0.25, 0.3) is 5.76 Å². The molecular weight excluding hydrogens is 564 g/mol. The van der Waals surface area contributed by atoms with Gasteiger partial charge in [-0.25, -0.2) is 4.98 Å². The Kier molecular flexibility index (Phi) is 8.73. The zero-order valence-corrected chi connectivity index (χ0v) is 25.2. The molecule has 1 N–H and O–H groups in total. The molecule has 1 atom stereocenters. The molecule has 1 aromatic heterocycles. The number of thiazole rings is 1.